The van der Waals surface area contributed by atoms with Gasteiger partial charge in [0.2, 0.25) is 11.8 Å². The van der Waals surface area contributed by atoms with Crippen molar-refractivity contribution in [3.05, 3.63) is 120 Å². The van der Waals surface area contributed by atoms with Crippen LogP contribution in [0.1, 0.15) is 16.7 Å². The Kier molecular flexibility index (Phi) is 10.6. The highest BCUT2D eigenvalue weighted by Gasteiger charge is 2.34. The Hall–Kier alpha value is -4.83. The molecule has 0 aromatic heterocycles. The fourth-order valence-electron chi connectivity index (χ4n) is 4.84. The Bertz CT molecular complexity index is 1660. The molecule has 1 unspecified atom stereocenters. The van der Waals surface area contributed by atoms with Crippen LogP contribution in [0.5, 0.6) is 11.5 Å². The number of likely N-dealkylation sites (N-methyl/N-ethyl adjacent to an activating group) is 1. The summed E-state index contributed by atoms with van der Waals surface area (Å²) in [6.07, 6.45) is 0.242. The van der Waals surface area contributed by atoms with Crippen molar-refractivity contribution in [1.82, 2.24) is 10.2 Å². The molecule has 0 fully saturated rings. The minimum Gasteiger partial charge on any atom is -0.493 e. The standard InChI is InChI=1S/C34H37N3O6S/c1-25-15-17-28(18-16-25)37(44(40,41)29-19-20-31(42-3)32(22-29)43-4)24-33(38)36(23-27-13-9-6-10-14-27)30(34(39)35-2)21-26-11-7-5-8-12-26/h5-20,22,30H,21,23-24H2,1-4H3,(H,35,39). The number of rotatable bonds is 13. The van der Waals surface area contributed by atoms with E-state index in [1.54, 1.807) is 24.3 Å². The van der Waals surface area contributed by atoms with Crippen molar-refractivity contribution < 1.29 is 27.5 Å². The number of carbonyl (C=O) groups excluding carboxylic acids is 2. The van der Waals surface area contributed by atoms with Gasteiger partial charge in [0.1, 0.15) is 12.6 Å². The summed E-state index contributed by atoms with van der Waals surface area (Å²) in [5.41, 5.74) is 2.89. The van der Waals surface area contributed by atoms with Crippen LogP contribution in [0.25, 0.3) is 0 Å². The van der Waals surface area contributed by atoms with Gasteiger partial charge in [0.25, 0.3) is 10.0 Å². The Labute approximate surface area is 259 Å². The molecule has 0 saturated carbocycles. The second kappa shape index (κ2) is 14.6. The first kappa shape index (κ1) is 32.1. The number of nitrogens with zero attached hydrogens (tertiary/aromatic N) is 2. The largest absolute Gasteiger partial charge is 0.493 e. The summed E-state index contributed by atoms with van der Waals surface area (Å²) >= 11 is 0. The molecule has 0 saturated heterocycles. The normalized spacial score (nSPS) is 11.7. The maximum atomic E-state index is 14.3. The van der Waals surface area contributed by atoms with Crippen LogP contribution in [0.2, 0.25) is 0 Å². The predicted molar refractivity (Wildman–Crippen MR) is 170 cm³/mol. The molecule has 0 aliphatic rings. The lowest BCUT2D eigenvalue weighted by atomic mass is 10.0. The molecule has 9 nitrogen and oxygen atoms in total. The summed E-state index contributed by atoms with van der Waals surface area (Å²) < 4.78 is 40.2. The lowest BCUT2D eigenvalue weighted by Gasteiger charge is -2.33. The number of nitrogens with one attached hydrogen (secondary N) is 1. The molecule has 0 heterocycles. The summed E-state index contributed by atoms with van der Waals surface area (Å²) in [5, 5.41) is 2.69. The Morgan fingerprint density at radius 1 is 0.795 bits per heavy atom. The summed E-state index contributed by atoms with van der Waals surface area (Å²) in [6.45, 7) is 1.44. The van der Waals surface area contributed by atoms with Crippen LogP contribution in [0.4, 0.5) is 5.69 Å². The average Bonchev–Trinajstić information content (AvgIpc) is 3.05. The zero-order valence-electron chi connectivity index (χ0n) is 25.3. The number of hydrogen-bond donors (Lipinski definition) is 1. The van der Waals surface area contributed by atoms with Crippen LogP contribution in [0, 0.1) is 6.92 Å². The number of sulfonamides is 1. The van der Waals surface area contributed by atoms with Crippen molar-refractivity contribution in [3.63, 3.8) is 0 Å². The van der Waals surface area contributed by atoms with E-state index in [2.05, 4.69) is 5.32 Å². The van der Waals surface area contributed by atoms with Gasteiger partial charge in [-0.25, -0.2) is 8.42 Å². The molecule has 0 bridgehead atoms. The third kappa shape index (κ3) is 7.57. The number of methoxy groups -OCH3 is 2. The highest BCUT2D eigenvalue weighted by atomic mass is 32.2. The van der Waals surface area contributed by atoms with Gasteiger partial charge >= 0.3 is 0 Å². The van der Waals surface area contributed by atoms with E-state index in [9.17, 15) is 18.0 Å². The Morgan fingerprint density at radius 3 is 1.95 bits per heavy atom. The molecular formula is C34H37N3O6S. The number of aryl methyl sites for hydroxylation is 1. The molecular weight excluding hydrogens is 578 g/mol. The third-order valence-corrected chi connectivity index (χ3v) is 9.03. The monoisotopic (exact) mass is 615 g/mol. The topological polar surface area (TPSA) is 105 Å². The van der Waals surface area contributed by atoms with Crippen molar-refractivity contribution in [1.29, 1.82) is 0 Å². The molecule has 4 rings (SSSR count). The summed E-state index contributed by atoms with van der Waals surface area (Å²) in [4.78, 5) is 29.1. The first-order valence-electron chi connectivity index (χ1n) is 14.1. The molecule has 0 aliphatic heterocycles. The summed E-state index contributed by atoms with van der Waals surface area (Å²) in [6, 6.07) is 28.9. The highest BCUT2D eigenvalue weighted by Crippen LogP contribution is 2.32. The van der Waals surface area contributed by atoms with Crippen molar-refractivity contribution in [2.24, 2.45) is 0 Å². The quantitative estimate of drug-likeness (QED) is 0.236. The van der Waals surface area contributed by atoms with E-state index in [0.29, 0.717) is 11.4 Å². The molecule has 0 radical (unpaired) electrons. The van der Waals surface area contributed by atoms with Crippen LogP contribution >= 0.6 is 0 Å². The van der Waals surface area contributed by atoms with Crippen LogP contribution in [0.3, 0.4) is 0 Å². The van der Waals surface area contributed by atoms with Gasteiger partial charge in [0.15, 0.2) is 11.5 Å². The molecule has 230 valence electrons. The average molecular weight is 616 g/mol. The maximum Gasteiger partial charge on any atom is 0.264 e. The van der Waals surface area contributed by atoms with E-state index >= 15 is 0 Å². The van der Waals surface area contributed by atoms with E-state index in [0.717, 1.165) is 21.0 Å². The smallest absolute Gasteiger partial charge is 0.264 e. The van der Waals surface area contributed by atoms with E-state index in [-0.39, 0.29) is 29.5 Å². The number of ether oxygens (including phenoxy) is 2. The first-order chi connectivity index (χ1) is 21.2. The molecule has 10 heteroatoms. The molecule has 1 N–H and O–H groups in total. The van der Waals surface area contributed by atoms with E-state index in [1.165, 1.54) is 44.4 Å². The molecule has 1 atom stereocenters. The van der Waals surface area contributed by atoms with Gasteiger partial charge in [-0.3, -0.25) is 13.9 Å². The number of amides is 2. The summed E-state index contributed by atoms with van der Waals surface area (Å²) in [7, 11) is 0.113. The SMILES string of the molecule is CNC(=O)C(Cc1ccccc1)N(Cc1ccccc1)C(=O)CN(c1ccc(C)cc1)S(=O)(=O)c1ccc(OC)c(OC)c1. The second-order valence-electron chi connectivity index (χ2n) is 10.2. The number of benzene rings is 4. The van der Waals surface area contributed by atoms with Crippen LogP contribution < -0.4 is 19.1 Å². The van der Waals surface area contributed by atoms with Gasteiger partial charge in [0, 0.05) is 26.1 Å². The van der Waals surface area contributed by atoms with Crippen molar-refractivity contribution in [2.45, 2.75) is 30.8 Å². The Morgan fingerprint density at radius 2 is 1.39 bits per heavy atom. The maximum absolute atomic E-state index is 14.3. The number of carbonyl (C=O) groups is 2. The molecule has 44 heavy (non-hydrogen) atoms. The third-order valence-electron chi connectivity index (χ3n) is 7.26. The number of anilines is 1. The lowest BCUT2D eigenvalue weighted by molar-refractivity contribution is -0.139. The molecule has 2 amide bonds. The van der Waals surface area contributed by atoms with Gasteiger partial charge in [-0.2, -0.15) is 0 Å². The Balaban J connectivity index is 1.79. The second-order valence-corrected chi connectivity index (χ2v) is 12.1. The number of hydrogen-bond acceptors (Lipinski definition) is 6. The van der Waals surface area contributed by atoms with Crippen LogP contribution in [-0.2, 0) is 32.6 Å². The van der Waals surface area contributed by atoms with Crippen LogP contribution in [-0.4, -0.2) is 59.0 Å². The minimum absolute atomic E-state index is 0.0785. The van der Waals surface area contributed by atoms with Crippen molar-refractivity contribution >= 4 is 27.5 Å². The highest BCUT2D eigenvalue weighted by molar-refractivity contribution is 7.92. The van der Waals surface area contributed by atoms with Gasteiger partial charge in [0.05, 0.1) is 24.8 Å². The van der Waals surface area contributed by atoms with Gasteiger partial charge < -0.3 is 19.7 Å². The first-order valence-corrected chi connectivity index (χ1v) is 15.5. The molecule has 0 spiro atoms. The minimum atomic E-state index is -4.29. The van der Waals surface area contributed by atoms with E-state index in [4.69, 9.17) is 9.47 Å². The van der Waals surface area contributed by atoms with Gasteiger partial charge in [-0.15, -0.1) is 0 Å². The zero-order chi connectivity index (χ0) is 31.7. The molecule has 4 aromatic carbocycles. The zero-order valence-corrected chi connectivity index (χ0v) is 26.1. The summed E-state index contributed by atoms with van der Waals surface area (Å²) in [5.74, 6) is -0.296. The predicted octanol–water partition coefficient (Wildman–Crippen LogP) is 4.59. The van der Waals surface area contributed by atoms with Crippen molar-refractivity contribution in [3.8, 4) is 11.5 Å². The fourth-order valence-corrected chi connectivity index (χ4v) is 6.27. The van der Waals surface area contributed by atoms with Gasteiger partial charge in [-0.1, -0.05) is 78.4 Å². The van der Waals surface area contributed by atoms with Gasteiger partial charge in [-0.05, 0) is 42.3 Å². The molecule has 4 aromatic rings. The van der Waals surface area contributed by atoms with Crippen molar-refractivity contribution in [2.75, 3.05) is 32.1 Å². The lowest BCUT2D eigenvalue weighted by Crippen LogP contribution is -2.53. The van der Waals surface area contributed by atoms with E-state index in [1.807, 2.05) is 67.6 Å². The fraction of sp³-hybridized carbons (Fsp3) is 0.235. The van der Waals surface area contributed by atoms with E-state index < -0.39 is 28.5 Å². The van der Waals surface area contributed by atoms with Crippen LogP contribution in [0.15, 0.2) is 108 Å². The molecule has 0 aliphatic carbocycles.